The van der Waals surface area contributed by atoms with Crippen molar-refractivity contribution in [1.82, 2.24) is 25.4 Å². The minimum Gasteiger partial charge on any atom is -0.312 e. The van der Waals surface area contributed by atoms with Gasteiger partial charge in [0, 0.05) is 53.2 Å². The van der Waals surface area contributed by atoms with Gasteiger partial charge in [0.05, 0.1) is 0 Å². The highest BCUT2D eigenvalue weighted by atomic mass is 32.2. The van der Waals surface area contributed by atoms with Crippen LogP contribution in [0.5, 0.6) is 0 Å². The Bertz CT molecular complexity index is 834. The van der Waals surface area contributed by atoms with Crippen molar-refractivity contribution in [1.29, 1.82) is 0 Å². The Morgan fingerprint density at radius 3 is 2.78 bits per heavy atom. The maximum Gasteiger partial charge on any atom is 0.183 e. The predicted molar refractivity (Wildman–Crippen MR) is 86.8 cm³/mol. The summed E-state index contributed by atoms with van der Waals surface area (Å²) in [6.45, 7) is 1.22. The number of benzene rings is 1. The summed E-state index contributed by atoms with van der Waals surface area (Å²) in [5.74, 6) is 0.325. The monoisotopic (exact) mass is 333 g/mol. The summed E-state index contributed by atoms with van der Waals surface area (Å²) in [6, 6.07) is 8.27. The molecule has 0 bridgehead atoms. The summed E-state index contributed by atoms with van der Waals surface area (Å²) in [5, 5.41) is 14.9. The number of nitrogens with zero attached hydrogens (tertiary/aromatic N) is 4. The number of rotatable bonds is 6. The van der Waals surface area contributed by atoms with E-state index in [9.17, 15) is 8.60 Å². The van der Waals surface area contributed by atoms with E-state index >= 15 is 0 Å². The minimum absolute atomic E-state index is 0.272. The Morgan fingerprint density at radius 2 is 2.04 bits per heavy atom. The van der Waals surface area contributed by atoms with Crippen LogP contribution in [0.25, 0.3) is 16.8 Å². The van der Waals surface area contributed by atoms with Crippen molar-refractivity contribution in [2.75, 3.05) is 18.6 Å². The zero-order valence-corrected chi connectivity index (χ0v) is 13.4. The Balaban J connectivity index is 1.88. The van der Waals surface area contributed by atoms with Gasteiger partial charge < -0.3 is 5.32 Å². The van der Waals surface area contributed by atoms with Crippen LogP contribution < -0.4 is 5.32 Å². The van der Waals surface area contributed by atoms with Gasteiger partial charge in [0.2, 0.25) is 0 Å². The van der Waals surface area contributed by atoms with Gasteiger partial charge in [0.25, 0.3) is 0 Å². The van der Waals surface area contributed by atoms with Gasteiger partial charge in [-0.25, -0.2) is 4.39 Å². The predicted octanol–water partition coefficient (Wildman–Crippen LogP) is 1.40. The van der Waals surface area contributed by atoms with Crippen LogP contribution in [0.1, 0.15) is 5.56 Å². The van der Waals surface area contributed by atoms with Crippen molar-refractivity contribution in [3.05, 3.63) is 47.9 Å². The Kier molecular flexibility index (Phi) is 4.73. The molecule has 0 unspecified atom stereocenters. The number of tetrazole rings is 1. The van der Waals surface area contributed by atoms with Crippen molar-refractivity contribution in [2.45, 2.75) is 6.54 Å². The van der Waals surface area contributed by atoms with E-state index in [4.69, 9.17) is 0 Å². The SMILES string of the molecule is C[S@@](=O)CCNCc1cc(-c2ccc(F)cc2)cn2nnnc12. The Hall–Kier alpha value is -2.19. The van der Waals surface area contributed by atoms with Gasteiger partial charge in [-0.2, -0.15) is 4.52 Å². The first-order valence-corrected chi connectivity index (χ1v) is 8.83. The number of nitrogens with one attached hydrogen (secondary N) is 1. The molecular formula is C15H16FN5OS. The molecule has 0 fully saturated rings. The highest BCUT2D eigenvalue weighted by molar-refractivity contribution is 7.84. The van der Waals surface area contributed by atoms with Gasteiger partial charge in [-0.15, -0.1) is 5.10 Å². The molecule has 3 rings (SSSR count). The van der Waals surface area contributed by atoms with Crippen LogP contribution in [-0.4, -0.2) is 42.8 Å². The number of hydrogen-bond acceptors (Lipinski definition) is 5. The first-order valence-electron chi connectivity index (χ1n) is 7.11. The fourth-order valence-corrected chi connectivity index (χ4v) is 2.71. The first kappa shape index (κ1) is 15.7. The summed E-state index contributed by atoms with van der Waals surface area (Å²) in [7, 11) is -0.823. The van der Waals surface area contributed by atoms with Gasteiger partial charge in [-0.05, 0) is 34.2 Å². The fourth-order valence-electron chi connectivity index (χ4n) is 2.28. The molecule has 0 amide bonds. The topological polar surface area (TPSA) is 72.2 Å². The smallest absolute Gasteiger partial charge is 0.183 e. The Labute approximate surface area is 135 Å². The summed E-state index contributed by atoms with van der Waals surface area (Å²) in [6.07, 6.45) is 3.49. The quantitative estimate of drug-likeness (QED) is 0.690. The summed E-state index contributed by atoms with van der Waals surface area (Å²) < 4.78 is 25.8. The molecule has 0 saturated heterocycles. The molecule has 6 nitrogen and oxygen atoms in total. The zero-order chi connectivity index (χ0) is 16.2. The molecule has 0 saturated carbocycles. The zero-order valence-electron chi connectivity index (χ0n) is 12.6. The second-order valence-corrected chi connectivity index (χ2v) is 6.72. The van der Waals surface area contributed by atoms with Crippen LogP contribution in [0.15, 0.2) is 36.5 Å². The number of pyridine rings is 1. The lowest BCUT2D eigenvalue weighted by Gasteiger charge is -2.08. The average molecular weight is 333 g/mol. The average Bonchev–Trinajstić information content (AvgIpc) is 3.00. The van der Waals surface area contributed by atoms with E-state index < -0.39 is 10.8 Å². The van der Waals surface area contributed by atoms with Crippen LogP contribution >= 0.6 is 0 Å². The molecule has 8 heteroatoms. The highest BCUT2D eigenvalue weighted by Gasteiger charge is 2.09. The third-order valence-corrected chi connectivity index (χ3v) is 4.21. The van der Waals surface area contributed by atoms with Crippen LogP contribution in [0, 0.1) is 5.82 Å². The van der Waals surface area contributed by atoms with E-state index in [0.29, 0.717) is 24.5 Å². The Morgan fingerprint density at radius 1 is 1.26 bits per heavy atom. The highest BCUT2D eigenvalue weighted by Crippen LogP contribution is 2.22. The van der Waals surface area contributed by atoms with Crippen molar-refractivity contribution < 1.29 is 8.60 Å². The van der Waals surface area contributed by atoms with Gasteiger partial charge in [-0.3, -0.25) is 4.21 Å². The van der Waals surface area contributed by atoms with Crippen LogP contribution in [-0.2, 0) is 17.3 Å². The maximum absolute atomic E-state index is 13.1. The molecule has 0 radical (unpaired) electrons. The first-order chi connectivity index (χ1) is 11.1. The molecule has 120 valence electrons. The number of fused-ring (bicyclic) bond motifs is 1. The molecule has 0 aliphatic rings. The molecule has 2 heterocycles. The van der Waals surface area contributed by atoms with Crippen LogP contribution in [0.4, 0.5) is 4.39 Å². The van der Waals surface area contributed by atoms with Crippen molar-refractivity contribution in [3.8, 4) is 11.1 Å². The van der Waals surface area contributed by atoms with Gasteiger partial charge >= 0.3 is 0 Å². The van der Waals surface area contributed by atoms with Gasteiger partial charge in [0.1, 0.15) is 5.82 Å². The number of aromatic nitrogens is 4. The van der Waals surface area contributed by atoms with Gasteiger partial charge in [-0.1, -0.05) is 12.1 Å². The molecule has 1 aromatic carbocycles. The van der Waals surface area contributed by atoms with Crippen LogP contribution in [0.3, 0.4) is 0 Å². The summed E-state index contributed by atoms with van der Waals surface area (Å²) in [5.41, 5.74) is 3.39. The fraction of sp³-hybridized carbons (Fsp3) is 0.267. The van der Waals surface area contributed by atoms with E-state index in [1.807, 2.05) is 12.3 Å². The van der Waals surface area contributed by atoms with E-state index in [2.05, 4.69) is 20.8 Å². The molecule has 1 N–H and O–H groups in total. The molecule has 2 aromatic heterocycles. The maximum atomic E-state index is 13.1. The normalized spacial score (nSPS) is 12.6. The summed E-state index contributed by atoms with van der Waals surface area (Å²) in [4.78, 5) is 0. The molecule has 0 aliphatic carbocycles. The van der Waals surface area contributed by atoms with E-state index in [1.54, 1.807) is 22.9 Å². The number of hydrogen-bond donors (Lipinski definition) is 1. The molecular weight excluding hydrogens is 317 g/mol. The lowest BCUT2D eigenvalue weighted by molar-refractivity contribution is 0.628. The molecule has 0 spiro atoms. The molecule has 1 atom stereocenters. The van der Waals surface area contributed by atoms with E-state index in [1.165, 1.54) is 12.1 Å². The van der Waals surface area contributed by atoms with Crippen LogP contribution in [0.2, 0.25) is 0 Å². The molecule has 3 aromatic rings. The molecule has 23 heavy (non-hydrogen) atoms. The van der Waals surface area contributed by atoms with Crippen molar-refractivity contribution in [2.24, 2.45) is 0 Å². The minimum atomic E-state index is -0.823. The van der Waals surface area contributed by atoms with Gasteiger partial charge in [0.15, 0.2) is 5.65 Å². The lowest BCUT2D eigenvalue weighted by atomic mass is 10.1. The largest absolute Gasteiger partial charge is 0.312 e. The van der Waals surface area contributed by atoms with E-state index in [-0.39, 0.29) is 5.82 Å². The second-order valence-electron chi connectivity index (χ2n) is 5.16. The second kappa shape index (κ2) is 6.93. The van der Waals surface area contributed by atoms with Crippen molar-refractivity contribution >= 4 is 16.4 Å². The third-order valence-electron chi connectivity index (χ3n) is 3.43. The summed E-state index contributed by atoms with van der Waals surface area (Å²) >= 11 is 0. The lowest BCUT2D eigenvalue weighted by Crippen LogP contribution is -2.20. The van der Waals surface area contributed by atoms with Crippen molar-refractivity contribution in [3.63, 3.8) is 0 Å². The third kappa shape index (κ3) is 3.77. The molecule has 0 aliphatic heterocycles. The number of halogens is 1. The van der Waals surface area contributed by atoms with E-state index in [0.717, 1.165) is 16.7 Å². The standard InChI is InChI=1S/C15H16FN5OS/c1-23(22)7-6-17-9-12-8-13(10-21-15(12)18-19-20-21)11-2-4-14(16)5-3-11/h2-5,8,10,17H,6-7,9H2,1H3/t23-/m1/s1.